The molecule has 3 aromatic rings. The first-order chi connectivity index (χ1) is 14.3. The van der Waals surface area contributed by atoms with Gasteiger partial charge in [-0.05, 0) is 35.4 Å². The van der Waals surface area contributed by atoms with E-state index in [1.807, 2.05) is 37.3 Å². The highest BCUT2D eigenvalue weighted by Gasteiger charge is 2.31. The van der Waals surface area contributed by atoms with Crippen LogP contribution in [0.4, 0.5) is 14.5 Å². The van der Waals surface area contributed by atoms with Gasteiger partial charge < -0.3 is 5.32 Å². The molecular weight excluding hydrogens is 408 g/mol. The SMILES string of the molecule is C[C@@H](c1ccccc1)c1c(F)ccc2c1NC(=NCc1cccc(F)c1)NS2(=O)=O. The zero-order chi connectivity index (χ0) is 21.3. The van der Waals surface area contributed by atoms with Gasteiger partial charge in [-0.1, -0.05) is 49.4 Å². The maximum absolute atomic E-state index is 14.9. The van der Waals surface area contributed by atoms with Crippen molar-refractivity contribution >= 4 is 21.7 Å². The molecule has 0 fully saturated rings. The van der Waals surface area contributed by atoms with Crippen LogP contribution >= 0.6 is 0 Å². The number of guanidine groups is 1. The van der Waals surface area contributed by atoms with E-state index in [0.29, 0.717) is 5.56 Å². The summed E-state index contributed by atoms with van der Waals surface area (Å²) >= 11 is 0. The summed E-state index contributed by atoms with van der Waals surface area (Å²) in [5.74, 6) is -1.36. The summed E-state index contributed by atoms with van der Waals surface area (Å²) in [5.41, 5.74) is 1.82. The zero-order valence-electron chi connectivity index (χ0n) is 16.1. The Hall–Kier alpha value is -3.26. The fourth-order valence-electron chi connectivity index (χ4n) is 3.46. The van der Waals surface area contributed by atoms with Crippen molar-refractivity contribution in [3.05, 3.63) is 95.1 Å². The van der Waals surface area contributed by atoms with Crippen molar-refractivity contribution in [2.45, 2.75) is 24.3 Å². The van der Waals surface area contributed by atoms with Crippen LogP contribution in [0.3, 0.4) is 0 Å². The van der Waals surface area contributed by atoms with Gasteiger partial charge in [0.15, 0.2) is 0 Å². The molecule has 30 heavy (non-hydrogen) atoms. The van der Waals surface area contributed by atoms with E-state index in [0.717, 1.165) is 11.6 Å². The van der Waals surface area contributed by atoms with Crippen LogP contribution in [-0.4, -0.2) is 14.4 Å². The van der Waals surface area contributed by atoms with Crippen LogP contribution in [0.1, 0.15) is 29.5 Å². The number of anilines is 1. The minimum Gasteiger partial charge on any atom is -0.324 e. The molecule has 154 valence electrons. The summed E-state index contributed by atoms with van der Waals surface area (Å²) in [6.07, 6.45) is 0. The van der Waals surface area contributed by atoms with Crippen molar-refractivity contribution < 1.29 is 17.2 Å². The van der Waals surface area contributed by atoms with E-state index >= 15 is 0 Å². The monoisotopic (exact) mass is 427 g/mol. The second kappa shape index (κ2) is 7.87. The maximum Gasteiger partial charge on any atom is 0.266 e. The molecule has 0 radical (unpaired) electrons. The molecule has 5 nitrogen and oxygen atoms in total. The van der Waals surface area contributed by atoms with Gasteiger partial charge in [0.1, 0.15) is 16.5 Å². The number of rotatable bonds is 4. The van der Waals surface area contributed by atoms with Crippen LogP contribution in [0, 0.1) is 11.6 Å². The van der Waals surface area contributed by atoms with E-state index in [9.17, 15) is 17.2 Å². The summed E-state index contributed by atoms with van der Waals surface area (Å²) in [6, 6.07) is 17.5. The van der Waals surface area contributed by atoms with Crippen LogP contribution in [-0.2, 0) is 16.6 Å². The Balaban J connectivity index is 1.75. The summed E-state index contributed by atoms with van der Waals surface area (Å²) in [4.78, 5) is 4.17. The average molecular weight is 427 g/mol. The quantitative estimate of drug-likeness (QED) is 0.649. The molecule has 0 saturated heterocycles. The van der Waals surface area contributed by atoms with Crippen LogP contribution in [0.5, 0.6) is 0 Å². The highest BCUT2D eigenvalue weighted by Crippen LogP contribution is 2.38. The molecule has 3 aromatic carbocycles. The fourth-order valence-corrected chi connectivity index (χ4v) is 4.62. The molecule has 4 rings (SSSR count). The maximum atomic E-state index is 14.9. The first kappa shape index (κ1) is 20.0. The Bertz CT molecular complexity index is 1230. The summed E-state index contributed by atoms with van der Waals surface area (Å²) in [7, 11) is -3.94. The van der Waals surface area contributed by atoms with Gasteiger partial charge >= 0.3 is 0 Å². The molecule has 0 aliphatic carbocycles. The predicted molar refractivity (Wildman–Crippen MR) is 112 cm³/mol. The third kappa shape index (κ3) is 3.91. The molecule has 2 N–H and O–H groups in total. The molecule has 0 spiro atoms. The summed E-state index contributed by atoms with van der Waals surface area (Å²) in [5, 5.41) is 2.92. The molecule has 1 atom stereocenters. The smallest absolute Gasteiger partial charge is 0.266 e. The van der Waals surface area contributed by atoms with Crippen LogP contribution in [0.15, 0.2) is 76.6 Å². The van der Waals surface area contributed by atoms with Crippen molar-refractivity contribution in [3.8, 4) is 0 Å². The predicted octanol–water partition coefficient (Wildman–Crippen LogP) is 4.38. The van der Waals surface area contributed by atoms with Crippen molar-refractivity contribution in [1.29, 1.82) is 0 Å². The number of hydrogen-bond acceptors (Lipinski definition) is 3. The number of nitrogens with one attached hydrogen (secondary N) is 2. The van der Waals surface area contributed by atoms with Crippen LogP contribution < -0.4 is 10.0 Å². The Labute approximate surface area is 173 Å². The number of halogens is 2. The summed E-state index contributed by atoms with van der Waals surface area (Å²) in [6.45, 7) is 1.87. The molecule has 0 unspecified atom stereocenters. The normalized spacial score (nSPS) is 17.0. The lowest BCUT2D eigenvalue weighted by atomic mass is 9.91. The van der Waals surface area contributed by atoms with E-state index < -0.39 is 27.6 Å². The van der Waals surface area contributed by atoms with E-state index in [4.69, 9.17) is 0 Å². The highest BCUT2D eigenvalue weighted by molar-refractivity contribution is 7.90. The first-order valence-electron chi connectivity index (χ1n) is 9.31. The van der Waals surface area contributed by atoms with Crippen molar-refractivity contribution in [1.82, 2.24) is 4.72 Å². The molecule has 1 heterocycles. The van der Waals surface area contributed by atoms with E-state index in [2.05, 4.69) is 15.0 Å². The van der Waals surface area contributed by atoms with Gasteiger partial charge in [-0.2, -0.15) is 0 Å². The Kier molecular flexibility index (Phi) is 5.26. The molecule has 0 saturated carbocycles. The molecular formula is C22H19F2N3O2S. The average Bonchev–Trinajstić information content (AvgIpc) is 2.72. The van der Waals surface area contributed by atoms with Crippen molar-refractivity contribution in [2.75, 3.05) is 5.32 Å². The third-order valence-corrected chi connectivity index (χ3v) is 6.34. The molecule has 1 aliphatic rings. The van der Waals surface area contributed by atoms with E-state index in [-0.39, 0.29) is 28.7 Å². The van der Waals surface area contributed by atoms with Gasteiger partial charge in [0.25, 0.3) is 10.0 Å². The van der Waals surface area contributed by atoms with Crippen LogP contribution in [0.2, 0.25) is 0 Å². The fraction of sp³-hybridized carbons (Fsp3) is 0.136. The highest BCUT2D eigenvalue weighted by atomic mass is 32.2. The van der Waals surface area contributed by atoms with Gasteiger partial charge in [0, 0.05) is 11.5 Å². The molecule has 0 aromatic heterocycles. The molecule has 8 heteroatoms. The van der Waals surface area contributed by atoms with Gasteiger partial charge in [0.2, 0.25) is 5.96 Å². The van der Waals surface area contributed by atoms with Crippen molar-refractivity contribution in [3.63, 3.8) is 0 Å². The number of hydrogen-bond donors (Lipinski definition) is 2. The lowest BCUT2D eigenvalue weighted by Gasteiger charge is -2.26. The molecule has 0 bridgehead atoms. The van der Waals surface area contributed by atoms with Gasteiger partial charge in [-0.3, -0.25) is 0 Å². The first-order valence-corrected chi connectivity index (χ1v) is 10.8. The standard InChI is InChI=1S/C22H19F2N3O2S/c1-14(16-7-3-2-4-8-16)20-18(24)10-11-19-21(20)26-22(27-30(19,28)29)25-13-15-6-5-9-17(23)12-15/h2-12,14H,13H2,1H3,(H2,25,26,27)/t14-/m0/s1. The minimum absolute atomic E-state index is 0.0427. The van der Waals surface area contributed by atoms with Gasteiger partial charge in [-0.15, -0.1) is 0 Å². The second-order valence-corrected chi connectivity index (χ2v) is 8.64. The Morgan fingerprint density at radius 3 is 2.50 bits per heavy atom. The lowest BCUT2D eigenvalue weighted by Crippen LogP contribution is -2.41. The van der Waals surface area contributed by atoms with E-state index in [1.165, 1.54) is 18.2 Å². The molecule has 0 amide bonds. The number of sulfonamides is 1. The zero-order valence-corrected chi connectivity index (χ0v) is 16.9. The minimum atomic E-state index is -3.94. The second-order valence-electron chi connectivity index (χ2n) is 6.99. The lowest BCUT2D eigenvalue weighted by molar-refractivity contribution is 0.586. The number of nitrogens with zero attached hydrogens (tertiary/aromatic N) is 1. The number of fused-ring (bicyclic) bond motifs is 1. The topological polar surface area (TPSA) is 70.6 Å². The molecule has 1 aliphatic heterocycles. The van der Waals surface area contributed by atoms with Crippen molar-refractivity contribution in [2.24, 2.45) is 4.99 Å². The Morgan fingerprint density at radius 2 is 1.77 bits per heavy atom. The number of aliphatic imine (C=N–C) groups is 1. The van der Waals surface area contributed by atoms with Crippen LogP contribution in [0.25, 0.3) is 0 Å². The third-order valence-electron chi connectivity index (χ3n) is 4.96. The van der Waals surface area contributed by atoms with Gasteiger partial charge in [0.05, 0.1) is 12.2 Å². The Morgan fingerprint density at radius 1 is 1.00 bits per heavy atom. The van der Waals surface area contributed by atoms with Gasteiger partial charge in [-0.25, -0.2) is 26.9 Å². The number of benzene rings is 3. The summed E-state index contributed by atoms with van der Waals surface area (Å²) < 4.78 is 56.1. The van der Waals surface area contributed by atoms with E-state index in [1.54, 1.807) is 12.1 Å². The largest absolute Gasteiger partial charge is 0.324 e.